The van der Waals surface area contributed by atoms with E-state index < -0.39 is 18.2 Å². The van der Waals surface area contributed by atoms with Crippen molar-refractivity contribution >= 4 is 6.09 Å². The molecular formula is C8H14FNO3. The largest absolute Gasteiger partial charge is 0.449 e. The van der Waals surface area contributed by atoms with Crippen LogP contribution in [-0.4, -0.2) is 32.6 Å². The van der Waals surface area contributed by atoms with E-state index >= 15 is 0 Å². The number of hydrogen-bond donors (Lipinski definition) is 1. The second kappa shape index (κ2) is 4.41. The fourth-order valence-electron chi connectivity index (χ4n) is 1.35. The van der Waals surface area contributed by atoms with Gasteiger partial charge in [-0.25, -0.2) is 4.79 Å². The summed E-state index contributed by atoms with van der Waals surface area (Å²) in [5, 5.41) is 0. The van der Waals surface area contributed by atoms with Crippen molar-refractivity contribution in [3.8, 4) is 0 Å². The highest BCUT2D eigenvalue weighted by Gasteiger charge is 2.34. The van der Waals surface area contributed by atoms with E-state index in [1.807, 2.05) is 0 Å². The number of primary amides is 1. The maximum absolute atomic E-state index is 12.7. The molecule has 1 heterocycles. The standard InChI is InChI=1S/C8H14FNO3/c9-5-8(6-13-7(10)11)1-3-12-4-2-8/h1-6H2,(H2,10,11). The Bertz CT molecular complexity index is 180. The zero-order valence-electron chi connectivity index (χ0n) is 7.42. The van der Waals surface area contributed by atoms with E-state index in [4.69, 9.17) is 10.5 Å². The summed E-state index contributed by atoms with van der Waals surface area (Å²) in [7, 11) is 0. The third kappa shape index (κ3) is 2.84. The molecule has 1 aliphatic heterocycles. The number of amides is 1. The molecule has 0 atom stereocenters. The zero-order chi connectivity index (χ0) is 9.73. The van der Waals surface area contributed by atoms with E-state index in [1.54, 1.807) is 0 Å². The van der Waals surface area contributed by atoms with Crippen LogP contribution in [-0.2, 0) is 9.47 Å². The fraction of sp³-hybridized carbons (Fsp3) is 0.875. The van der Waals surface area contributed by atoms with Crippen LogP contribution in [0.2, 0.25) is 0 Å². The molecule has 0 radical (unpaired) electrons. The second-order valence-corrected chi connectivity index (χ2v) is 3.35. The van der Waals surface area contributed by atoms with Crippen LogP contribution >= 0.6 is 0 Å². The van der Waals surface area contributed by atoms with Crippen LogP contribution in [0.15, 0.2) is 0 Å². The number of ether oxygens (including phenoxy) is 2. The summed E-state index contributed by atoms with van der Waals surface area (Å²) < 4.78 is 22.4. The van der Waals surface area contributed by atoms with Crippen LogP contribution in [0.4, 0.5) is 9.18 Å². The summed E-state index contributed by atoms with van der Waals surface area (Å²) >= 11 is 0. The molecular weight excluding hydrogens is 177 g/mol. The smallest absolute Gasteiger partial charge is 0.404 e. The van der Waals surface area contributed by atoms with Gasteiger partial charge in [0.1, 0.15) is 6.61 Å². The van der Waals surface area contributed by atoms with Gasteiger partial charge in [0.05, 0.1) is 6.67 Å². The molecule has 5 heteroatoms. The highest BCUT2D eigenvalue weighted by atomic mass is 19.1. The number of alkyl halides is 1. The van der Waals surface area contributed by atoms with Crippen LogP contribution in [0.1, 0.15) is 12.8 Å². The van der Waals surface area contributed by atoms with Crippen molar-refractivity contribution < 1.29 is 18.7 Å². The topological polar surface area (TPSA) is 61.6 Å². The minimum atomic E-state index is -0.848. The van der Waals surface area contributed by atoms with E-state index in [-0.39, 0.29) is 6.61 Å². The molecule has 0 aromatic heterocycles. The summed E-state index contributed by atoms with van der Waals surface area (Å²) in [6.07, 6.45) is 0.312. The number of carbonyl (C=O) groups excluding carboxylic acids is 1. The number of nitrogens with two attached hydrogens (primary N) is 1. The van der Waals surface area contributed by atoms with Crippen molar-refractivity contribution in [1.82, 2.24) is 0 Å². The summed E-state index contributed by atoms with van der Waals surface area (Å²) in [6, 6.07) is 0. The Morgan fingerprint density at radius 1 is 1.54 bits per heavy atom. The zero-order valence-corrected chi connectivity index (χ0v) is 7.42. The highest BCUT2D eigenvalue weighted by Crippen LogP contribution is 2.31. The van der Waals surface area contributed by atoms with Crippen LogP contribution in [0, 0.1) is 5.41 Å². The van der Waals surface area contributed by atoms with Crippen LogP contribution in [0.3, 0.4) is 0 Å². The highest BCUT2D eigenvalue weighted by molar-refractivity contribution is 5.64. The lowest BCUT2D eigenvalue weighted by atomic mass is 9.82. The van der Waals surface area contributed by atoms with E-state index in [0.717, 1.165) is 0 Å². The van der Waals surface area contributed by atoms with Gasteiger partial charge in [-0.3, -0.25) is 4.39 Å². The molecule has 13 heavy (non-hydrogen) atoms. The lowest BCUT2D eigenvalue weighted by Crippen LogP contribution is -2.37. The first-order valence-corrected chi connectivity index (χ1v) is 4.24. The van der Waals surface area contributed by atoms with Gasteiger partial charge in [0.2, 0.25) is 0 Å². The molecule has 1 rings (SSSR count). The van der Waals surface area contributed by atoms with Crippen molar-refractivity contribution in [2.45, 2.75) is 12.8 Å². The molecule has 0 saturated carbocycles. The lowest BCUT2D eigenvalue weighted by Gasteiger charge is -2.33. The van der Waals surface area contributed by atoms with Crippen molar-refractivity contribution in [3.63, 3.8) is 0 Å². The Morgan fingerprint density at radius 3 is 2.62 bits per heavy atom. The summed E-state index contributed by atoms with van der Waals surface area (Å²) in [6.45, 7) is 0.601. The molecule has 1 amide bonds. The van der Waals surface area contributed by atoms with Gasteiger partial charge in [-0.05, 0) is 12.8 Å². The van der Waals surface area contributed by atoms with Gasteiger partial charge in [0, 0.05) is 18.6 Å². The van der Waals surface area contributed by atoms with E-state index in [1.165, 1.54) is 0 Å². The molecule has 0 unspecified atom stereocenters. The third-order valence-corrected chi connectivity index (χ3v) is 2.36. The quantitative estimate of drug-likeness (QED) is 0.719. The molecule has 1 aliphatic rings. The van der Waals surface area contributed by atoms with E-state index in [2.05, 4.69) is 4.74 Å². The average molecular weight is 191 g/mol. The molecule has 1 saturated heterocycles. The monoisotopic (exact) mass is 191 g/mol. The first-order valence-electron chi connectivity index (χ1n) is 4.24. The molecule has 0 spiro atoms. The summed E-state index contributed by atoms with van der Waals surface area (Å²) in [5.74, 6) is 0. The van der Waals surface area contributed by atoms with Crippen molar-refractivity contribution in [2.24, 2.45) is 11.1 Å². The van der Waals surface area contributed by atoms with Gasteiger partial charge in [0.25, 0.3) is 0 Å². The average Bonchev–Trinajstić information content (AvgIpc) is 2.16. The molecule has 76 valence electrons. The first kappa shape index (κ1) is 10.2. The Labute approximate surface area is 76.2 Å². The lowest BCUT2D eigenvalue weighted by molar-refractivity contribution is -0.0315. The minimum Gasteiger partial charge on any atom is -0.449 e. The normalized spacial score (nSPS) is 21.0. The Balaban J connectivity index is 2.42. The SMILES string of the molecule is NC(=O)OCC1(CF)CCOCC1. The van der Waals surface area contributed by atoms with Gasteiger partial charge in [-0.15, -0.1) is 0 Å². The van der Waals surface area contributed by atoms with Gasteiger partial charge in [-0.2, -0.15) is 0 Å². The molecule has 0 aromatic rings. The maximum Gasteiger partial charge on any atom is 0.404 e. The van der Waals surface area contributed by atoms with Gasteiger partial charge < -0.3 is 15.2 Å². The molecule has 2 N–H and O–H groups in total. The molecule has 4 nitrogen and oxygen atoms in total. The minimum absolute atomic E-state index is 0.0577. The summed E-state index contributed by atoms with van der Waals surface area (Å²) in [5.41, 5.74) is 4.25. The van der Waals surface area contributed by atoms with Gasteiger partial charge in [-0.1, -0.05) is 0 Å². The Kier molecular flexibility index (Phi) is 3.48. The molecule has 0 aliphatic carbocycles. The van der Waals surface area contributed by atoms with Crippen molar-refractivity contribution in [1.29, 1.82) is 0 Å². The number of halogens is 1. The van der Waals surface area contributed by atoms with Gasteiger partial charge >= 0.3 is 6.09 Å². The predicted molar refractivity (Wildman–Crippen MR) is 44.0 cm³/mol. The van der Waals surface area contributed by atoms with E-state index in [0.29, 0.717) is 26.1 Å². The maximum atomic E-state index is 12.7. The van der Waals surface area contributed by atoms with Crippen LogP contribution in [0.25, 0.3) is 0 Å². The Hall–Kier alpha value is -0.840. The van der Waals surface area contributed by atoms with Crippen molar-refractivity contribution in [3.05, 3.63) is 0 Å². The third-order valence-electron chi connectivity index (χ3n) is 2.36. The number of carbonyl (C=O) groups is 1. The number of hydrogen-bond acceptors (Lipinski definition) is 3. The molecule has 1 fully saturated rings. The summed E-state index contributed by atoms with van der Waals surface area (Å²) in [4.78, 5) is 10.3. The molecule has 0 aromatic carbocycles. The van der Waals surface area contributed by atoms with Crippen molar-refractivity contribution in [2.75, 3.05) is 26.5 Å². The van der Waals surface area contributed by atoms with E-state index in [9.17, 15) is 9.18 Å². The fourth-order valence-corrected chi connectivity index (χ4v) is 1.35. The Morgan fingerprint density at radius 2 is 2.15 bits per heavy atom. The molecule has 0 bridgehead atoms. The van der Waals surface area contributed by atoms with Crippen LogP contribution in [0.5, 0.6) is 0 Å². The first-order chi connectivity index (χ1) is 6.18. The predicted octanol–water partition coefficient (Wildman–Crippen LogP) is 0.848. The number of rotatable bonds is 3. The van der Waals surface area contributed by atoms with Gasteiger partial charge in [0.15, 0.2) is 0 Å². The van der Waals surface area contributed by atoms with Crippen LogP contribution < -0.4 is 5.73 Å². The second-order valence-electron chi connectivity index (χ2n) is 3.35.